The van der Waals surface area contributed by atoms with Gasteiger partial charge in [-0.25, -0.2) is 4.99 Å². The monoisotopic (exact) mass is 333 g/mol. The summed E-state index contributed by atoms with van der Waals surface area (Å²) in [6.45, 7) is 6.48. The van der Waals surface area contributed by atoms with E-state index in [4.69, 9.17) is 4.74 Å². The summed E-state index contributed by atoms with van der Waals surface area (Å²) in [6, 6.07) is 7.73. The smallest absolute Gasteiger partial charge is 0.244 e. The van der Waals surface area contributed by atoms with E-state index >= 15 is 0 Å². The number of hydrogen-bond acceptors (Lipinski definition) is 5. The Morgan fingerprint density at radius 2 is 2.23 bits per heavy atom. The van der Waals surface area contributed by atoms with E-state index in [0.717, 1.165) is 34.3 Å². The van der Waals surface area contributed by atoms with Crippen molar-refractivity contribution in [2.75, 3.05) is 12.4 Å². The van der Waals surface area contributed by atoms with Gasteiger partial charge in [-0.3, -0.25) is 4.79 Å². The Morgan fingerprint density at radius 1 is 1.41 bits per heavy atom. The highest BCUT2D eigenvalue weighted by molar-refractivity contribution is 8.45. The zero-order valence-corrected chi connectivity index (χ0v) is 14.2. The fourth-order valence-electron chi connectivity index (χ4n) is 1.79. The molecule has 0 spiro atoms. The van der Waals surface area contributed by atoms with Crippen molar-refractivity contribution >= 4 is 39.1 Å². The quantitative estimate of drug-likeness (QED) is 0.410. The predicted molar refractivity (Wildman–Crippen MR) is 97.5 cm³/mol. The van der Waals surface area contributed by atoms with Crippen LogP contribution in [0.4, 0.5) is 0 Å². The van der Waals surface area contributed by atoms with Crippen LogP contribution in [-0.2, 0) is 4.79 Å². The summed E-state index contributed by atoms with van der Waals surface area (Å²) in [5.74, 6) is 1.55. The summed E-state index contributed by atoms with van der Waals surface area (Å²) in [5, 5.41) is -0.0186. The summed E-state index contributed by atoms with van der Waals surface area (Å²) in [7, 11) is 0. The van der Waals surface area contributed by atoms with Crippen LogP contribution >= 0.6 is 23.5 Å². The van der Waals surface area contributed by atoms with Crippen molar-refractivity contribution in [3.63, 3.8) is 0 Å². The van der Waals surface area contributed by atoms with Gasteiger partial charge in [-0.2, -0.15) is 0 Å². The van der Waals surface area contributed by atoms with Gasteiger partial charge in [0.2, 0.25) is 5.12 Å². The maximum Gasteiger partial charge on any atom is 0.244 e. The molecule has 1 aromatic rings. The van der Waals surface area contributed by atoms with Crippen molar-refractivity contribution < 1.29 is 9.53 Å². The molecule has 0 atom stereocenters. The Kier molecular flexibility index (Phi) is 6.80. The molecule has 0 saturated carbocycles. The summed E-state index contributed by atoms with van der Waals surface area (Å²) >= 11 is 2.70. The number of carbonyl (C=O) groups excluding carboxylic acids is 1. The molecule has 116 valence electrons. The first-order valence-electron chi connectivity index (χ1n) is 7.22. The van der Waals surface area contributed by atoms with E-state index in [2.05, 4.69) is 18.5 Å². The van der Waals surface area contributed by atoms with Crippen molar-refractivity contribution in [2.24, 2.45) is 4.99 Å². The lowest BCUT2D eigenvalue weighted by molar-refractivity contribution is -0.107. The number of benzene rings is 1. The molecule has 1 aliphatic heterocycles. The number of ether oxygens (including phenoxy) is 1. The number of rotatable bonds is 7. The second-order valence-corrected chi connectivity index (χ2v) is 6.87. The van der Waals surface area contributed by atoms with Gasteiger partial charge in [0.1, 0.15) is 15.8 Å². The SMILES string of the molecule is C=CCSC1=NC(=Cc2ccccc2OCCCC)C(=O)S1. The van der Waals surface area contributed by atoms with Crippen LogP contribution in [0.3, 0.4) is 0 Å². The summed E-state index contributed by atoms with van der Waals surface area (Å²) in [4.78, 5) is 16.4. The van der Waals surface area contributed by atoms with E-state index in [1.54, 1.807) is 12.2 Å². The highest BCUT2D eigenvalue weighted by Gasteiger charge is 2.22. The average molecular weight is 333 g/mol. The van der Waals surface area contributed by atoms with Crippen LogP contribution in [-0.4, -0.2) is 21.9 Å². The molecule has 0 amide bonds. The topological polar surface area (TPSA) is 38.7 Å². The summed E-state index contributed by atoms with van der Waals surface area (Å²) in [6.07, 6.45) is 5.71. The van der Waals surface area contributed by atoms with E-state index < -0.39 is 0 Å². The number of aliphatic imine (C=N–C) groups is 1. The van der Waals surface area contributed by atoms with E-state index in [-0.39, 0.29) is 5.12 Å². The molecular formula is C17H19NO2S2. The van der Waals surface area contributed by atoms with Crippen LogP contribution in [0.15, 0.2) is 47.6 Å². The minimum Gasteiger partial charge on any atom is -0.493 e. The second kappa shape index (κ2) is 8.86. The van der Waals surface area contributed by atoms with Crippen LogP contribution in [0.5, 0.6) is 5.75 Å². The normalized spacial score (nSPS) is 16.0. The maximum atomic E-state index is 12.0. The Morgan fingerprint density at radius 3 is 3.00 bits per heavy atom. The van der Waals surface area contributed by atoms with Crippen molar-refractivity contribution in [2.45, 2.75) is 19.8 Å². The standard InChI is InChI=1S/C17H19NO2S2/c1-3-5-10-20-15-9-7-6-8-13(15)12-14-16(19)22-17(18-14)21-11-4-2/h4,6-9,12H,2-3,5,10-11H2,1H3. The first-order valence-corrected chi connectivity index (χ1v) is 9.03. The van der Waals surface area contributed by atoms with Crippen LogP contribution in [0.1, 0.15) is 25.3 Å². The molecule has 0 unspecified atom stereocenters. The van der Waals surface area contributed by atoms with Crippen LogP contribution in [0, 0.1) is 0 Å². The highest BCUT2D eigenvalue weighted by atomic mass is 32.2. The number of unbranched alkanes of at least 4 members (excludes halogenated alkanes) is 1. The summed E-state index contributed by atoms with van der Waals surface area (Å²) in [5.41, 5.74) is 1.37. The molecule has 3 nitrogen and oxygen atoms in total. The Labute approximate surface area is 139 Å². The zero-order chi connectivity index (χ0) is 15.8. The minimum atomic E-state index is -0.0186. The van der Waals surface area contributed by atoms with Gasteiger partial charge in [0.15, 0.2) is 0 Å². The number of hydrogen-bond donors (Lipinski definition) is 0. The first kappa shape index (κ1) is 16.9. The molecule has 0 aromatic heterocycles. The lowest BCUT2D eigenvalue weighted by Crippen LogP contribution is -1.98. The molecule has 0 radical (unpaired) electrons. The molecule has 1 aromatic carbocycles. The largest absolute Gasteiger partial charge is 0.493 e. The number of carbonyl (C=O) groups is 1. The molecule has 0 saturated heterocycles. The molecular weight excluding hydrogens is 314 g/mol. The lowest BCUT2D eigenvalue weighted by atomic mass is 10.1. The third-order valence-electron chi connectivity index (χ3n) is 2.89. The van der Waals surface area contributed by atoms with Gasteiger partial charge in [-0.1, -0.05) is 49.4 Å². The highest BCUT2D eigenvalue weighted by Crippen LogP contribution is 2.32. The van der Waals surface area contributed by atoms with Gasteiger partial charge in [0.25, 0.3) is 0 Å². The Hall–Kier alpha value is -1.46. The van der Waals surface area contributed by atoms with E-state index in [1.807, 2.05) is 24.3 Å². The van der Waals surface area contributed by atoms with E-state index in [0.29, 0.717) is 12.3 Å². The fraction of sp³-hybridized carbons (Fsp3) is 0.294. The second-order valence-electron chi connectivity index (χ2n) is 4.64. The zero-order valence-electron chi connectivity index (χ0n) is 12.6. The van der Waals surface area contributed by atoms with Gasteiger partial charge in [0, 0.05) is 11.3 Å². The molecule has 1 heterocycles. The van der Waals surface area contributed by atoms with E-state index in [9.17, 15) is 4.79 Å². The molecule has 22 heavy (non-hydrogen) atoms. The predicted octanol–water partition coefficient (Wildman–Crippen LogP) is 4.76. The molecule has 5 heteroatoms. The number of para-hydroxylation sites is 1. The third kappa shape index (κ3) is 4.78. The molecule has 0 aliphatic carbocycles. The molecule has 1 aliphatic rings. The fourth-order valence-corrected chi connectivity index (χ4v) is 3.39. The molecule has 0 N–H and O–H groups in total. The molecule has 0 fully saturated rings. The first-order chi connectivity index (χ1) is 10.7. The van der Waals surface area contributed by atoms with Crippen molar-refractivity contribution in [3.05, 3.63) is 48.2 Å². The van der Waals surface area contributed by atoms with Crippen LogP contribution < -0.4 is 4.74 Å². The van der Waals surface area contributed by atoms with E-state index in [1.165, 1.54) is 23.5 Å². The maximum absolute atomic E-state index is 12.0. The third-order valence-corrected chi connectivity index (χ3v) is 4.90. The van der Waals surface area contributed by atoms with Gasteiger partial charge < -0.3 is 4.74 Å². The van der Waals surface area contributed by atoms with Crippen molar-refractivity contribution in [1.29, 1.82) is 0 Å². The minimum absolute atomic E-state index is 0.0186. The van der Waals surface area contributed by atoms with Crippen molar-refractivity contribution in [3.8, 4) is 5.75 Å². The van der Waals surface area contributed by atoms with Crippen LogP contribution in [0.2, 0.25) is 0 Å². The van der Waals surface area contributed by atoms with Gasteiger partial charge >= 0.3 is 0 Å². The van der Waals surface area contributed by atoms with Gasteiger partial charge in [0.05, 0.1) is 6.61 Å². The Bertz CT molecular complexity index is 608. The number of nitrogens with zero attached hydrogens (tertiary/aromatic N) is 1. The summed E-state index contributed by atoms with van der Waals surface area (Å²) < 4.78 is 6.56. The van der Waals surface area contributed by atoms with Gasteiger partial charge in [-0.05, 0) is 30.3 Å². The Balaban J connectivity index is 2.16. The van der Waals surface area contributed by atoms with Crippen LogP contribution in [0.25, 0.3) is 6.08 Å². The average Bonchev–Trinajstić information content (AvgIpc) is 2.87. The molecule has 0 bridgehead atoms. The number of thioether (sulfide) groups is 2. The van der Waals surface area contributed by atoms with Crippen molar-refractivity contribution in [1.82, 2.24) is 0 Å². The lowest BCUT2D eigenvalue weighted by Gasteiger charge is -2.08. The molecule has 2 rings (SSSR count). The van der Waals surface area contributed by atoms with Gasteiger partial charge in [-0.15, -0.1) is 6.58 Å².